The van der Waals surface area contributed by atoms with Crippen molar-refractivity contribution in [2.45, 2.75) is 45.2 Å². The highest BCUT2D eigenvalue weighted by molar-refractivity contribution is 7.17. The Balaban J connectivity index is 1.95. The molecular formula is C18H22F3N3OS. The molecule has 2 aromatic heterocycles. The van der Waals surface area contributed by atoms with Crippen LogP contribution >= 0.6 is 11.3 Å². The van der Waals surface area contributed by atoms with Crippen LogP contribution in [0, 0.1) is 0 Å². The largest absolute Gasteiger partial charge is 0.433 e. The van der Waals surface area contributed by atoms with E-state index in [0.29, 0.717) is 28.3 Å². The molecule has 0 aliphatic carbocycles. The van der Waals surface area contributed by atoms with Gasteiger partial charge in [-0.25, -0.2) is 0 Å². The van der Waals surface area contributed by atoms with E-state index in [9.17, 15) is 18.0 Å². The van der Waals surface area contributed by atoms with Crippen molar-refractivity contribution < 1.29 is 18.0 Å². The molecule has 1 fully saturated rings. The van der Waals surface area contributed by atoms with Crippen molar-refractivity contribution in [1.82, 2.24) is 14.7 Å². The third-order valence-electron chi connectivity index (χ3n) is 4.61. The van der Waals surface area contributed by atoms with Gasteiger partial charge in [-0.3, -0.25) is 9.48 Å². The Bertz CT molecular complexity index is 788. The first-order valence-electron chi connectivity index (χ1n) is 8.85. The fraction of sp³-hybridized carbons (Fsp3) is 0.556. The number of halogens is 3. The van der Waals surface area contributed by atoms with Crippen LogP contribution in [0.15, 0.2) is 12.1 Å². The predicted molar refractivity (Wildman–Crippen MR) is 95.3 cm³/mol. The van der Waals surface area contributed by atoms with Crippen LogP contribution < -0.4 is 0 Å². The maximum Gasteiger partial charge on any atom is 0.433 e. The fourth-order valence-electron chi connectivity index (χ4n) is 3.44. The van der Waals surface area contributed by atoms with Crippen LogP contribution in [0.5, 0.6) is 0 Å². The minimum absolute atomic E-state index is 0.0371. The number of nitrogens with zero attached hydrogens (tertiary/aromatic N) is 3. The maximum atomic E-state index is 13.4. The Kier molecular flexibility index (Phi) is 5.41. The zero-order valence-electron chi connectivity index (χ0n) is 14.9. The number of likely N-dealkylation sites (tertiary alicyclic amines) is 1. The Morgan fingerprint density at radius 1 is 1.23 bits per heavy atom. The highest BCUT2D eigenvalue weighted by atomic mass is 32.1. The fourth-order valence-corrected chi connectivity index (χ4v) is 4.43. The molecule has 0 radical (unpaired) electrons. The first-order chi connectivity index (χ1) is 12.3. The Morgan fingerprint density at radius 3 is 2.54 bits per heavy atom. The van der Waals surface area contributed by atoms with Crippen LogP contribution in [0.2, 0.25) is 0 Å². The summed E-state index contributed by atoms with van der Waals surface area (Å²) in [7, 11) is 1.32. The van der Waals surface area contributed by atoms with Gasteiger partial charge in [0.2, 0.25) is 0 Å². The van der Waals surface area contributed by atoms with Gasteiger partial charge in [0.15, 0.2) is 0 Å². The molecule has 0 bridgehead atoms. The summed E-state index contributed by atoms with van der Waals surface area (Å²) < 4.78 is 41.2. The molecule has 0 atom stereocenters. The molecule has 8 heteroatoms. The molecule has 0 aromatic carbocycles. The quantitative estimate of drug-likeness (QED) is 0.762. The predicted octanol–water partition coefficient (Wildman–Crippen LogP) is 4.75. The maximum absolute atomic E-state index is 13.4. The summed E-state index contributed by atoms with van der Waals surface area (Å²) in [5.41, 5.74) is -0.155. The average Bonchev–Trinajstić information content (AvgIpc) is 3.19. The monoisotopic (exact) mass is 385 g/mol. The van der Waals surface area contributed by atoms with E-state index in [2.05, 4.69) is 5.10 Å². The van der Waals surface area contributed by atoms with Crippen LogP contribution in [0.1, 0.15) is 53.5 Å². The number of hydrogen-bond donors (Lipinski definition) is 0. The van der Waals surface area contributed by atoms with E-state index in [0.717, 1.165) is 37.0 Å². The highest BCUT2D eigenvalue weighted by Gasteiger charge is 2.39. The summed E-state index contributed by atoms with van der Waals surface area (Å²) in [6.45, 7) is 3.33. The average molecular weight is 385 g/mol. The van der Waals surface area contributed by atoms with Gasteiger partial charge in [-0.1, -0.05) is 13.3 Å². The van der Waals surface area contributed by atoms with Gasteiger partial charge in [-0.05, 0) is 37.8 Å². The van der Waals surface area contributed by atoms with E-state index in [1.165, 1.54) is 18.4 Å². The summed E-state index contributed by atoms with van der Waals surface area (Å²) in [4.78, 5) is 15.6. The van der Waals surface area contributed by atoms with Gasteiger partial charge in [0, 0.05) is 25.7 Å². The number of amides is 1. The van der Waals surface area contributed by atoms with Crippen LogP contribution in [0.3, 0.4) is 0 Å². The molecule has 0 unspecified atom stereocenters. The summed E-state index contributed by atoms with van der Waals surface area (Å²) in [5, 5.41) is 4.13. The lowest BCUT2D eigenvalue weighted by Crippen LogP contribution is -2.35. The third-order valence-corrected chi connectivity index (χ3v) is 5.69. The van der Waals surface area contributed by atoms with Crippen molar-refractivity contribution >= 4 is 17.2 Å². The van der Waals surface area contributed by atoms with Gasteiger partial charge in [0.1, 0.15) is 11.4 Å². The normalized spacial score (nSPS) is 15.5. The van der Waals surface area contributed by atoms with E-state index >= 15 is 0 Å². The number of carbonyl (C=O) groups is 1. The van der Waals surface area contributed by atoms with Gasteiger partial charge in [-0.2, -0.15) is 18.3 Å². The second kappa shape index (κ2) is 7.42. The Hall–Kier alpha value is -1.83. The summed E-state index contributed by atoms with van der Waals surface area (Å²) >= 11 is 1.23. The van der Waals surface area contributed by atoms with E-state index in [4.69, 9.17) is 0 Å². The lowest BCUT2D eigenvalue weighted by atomic mass is 10.1. The molecule has 1 saturated heterocycles. The lowest BCUT2D eigenvalue weighted by molar-refractivity contribution is -0.144. The number of aromatic nitrogens is 2. The van der Waals surface area contributed by atoms with Gasteiger partial charge in [-0.15, -0.1) is 11.3 Å². The molecule has 142 valence electrons. The Morgan fingerprint density at radius 2 is 1.92 bits per heavy atom. The molecular weight excluding hydrogens is 363 g/mol. The zero-order chi connectivity index (χ0) is 18.9. The molecule has 0 saturated carbocycles. The molecule has 1 aliphatic heterocycles. The summed E-state index contributed by atoms with van der Waals surface area (Å²) in [5.74, 6) is -0.0371. The molecule has 3 heterocycles. The van der Waals surface area contributed by atoms with Crippen molar-refractivity contribution in [3.8, 4) is 10.6 Å². The van der Waals surface area contributed by atoms with E-state index < -0.39 is 11.9 Å². The van der Waals surface area contributed by atoms with E-state index in [1.54, 1.807) is 12.1 Å². The summed E-state index contributed by atoms with van der Waals surface area (Å²) in [6, 6.07) is 3.41. The minimum atomic E-state index is -4.45. The van der Waals surface area contributed by atoms with Gasteiger partial charge in [0.25, 0.3) is 5.91 Å². The Labute approximate surface area is 154 Å². The number of piperidine rings is 1. The first kappa shape index (κ1) is 18.9. The number of thiophene rings is 1. The van der Waals surface area contributed by atoms with Crippen molar-refractivity contribution in [1.29, 1.82) is 0 Å². The molecule has 3 rings (SSSR count). The van der Waals surface area contributed by atoms with Crippen LogP contribution in [0.25, 0.3) is 10.6 Å². The van der Waals surface area contributed by atoms with Crippen LogP contribution in [0.4, 0.5) is 13.2 Å². The van der Waals surface area contributed by atoms with Crippen molar-refractivity contribution in [2.75, 3.05) is 13.1 Å². The summed E-state index contributed by atoms with van der Waals surface area (Å²) in [6.07, 6.45) is -0.431. The van der Waals surface area contributed by atoms with Crippen molar-refractivity contribution in [2.24, 2.45) is 7.05 Å². The van der Waals surface area contributed by atoms with Gasteiger partial charge in [0.05, 0.1) is 9.75 Å². The lowest BCUT2D eigenvalue weighted by Gasteiger charge is -2.26. The first-order valence-corrected chi connectivity index (χ1v) is 9.67. The van der Waals surface area contributed by atoms with Gasteiger partial charge < -0.3 is 4.90 Å². The van der Waals surface area contributed by atoms with Crippen LogP contribution in [-0.4, -0.2) is 33.7 Å². The molecule has 1 amide bonds. The second-order valence-corrected chi connectivity index (χ2v) is 7.65. The molecule has 0 spiro atoms. The zero-order valence-corrected chi connectivity index (χ0v) is 15.7. The number of rotatable bonds is 4. The van der Waals surface area contributed by atoms with E-state index in [-0.39, 0.29) is 11.5 Å². The molecule has 1 aliphatic rings. The smallest absolute Gasteiger partial charge is 0.338 e. The topological polar surface area (TPSA) is 38.1 Å². The highest BCUT2D eigenvalue weighted by Crippen LogP contribution is 2.39. The van der Waals surface area contributed by atoms with Crippen LogP contribution in [-0.2, 0) is 19.6 Å². The number of aryl methyl sites for hydroxylation is 1. The van der Waals surface area contributed by atoms with Gasteiger partial charge >= 0.3 is 6.18 Å². The standard InChI is InChI=1S/C18H22F3N3OS/c1-3-7-12-15(22-23(2)16(12)18(19,20)21)13-8-9-14(26-13)17(25)24-10-5-4-6-11-24/h8-9H,3-7,10-11H2,1-2H3. The number of carbonyl (C=O) groups excluding carboxylic acids is 1. The number of hydrogen-bond acceptors (Lipinski definition) is 3. The van der Waals surface area contributed by atoms with E-state index in [1.807, 2.05) is 11.8 Å². The van der Waals surface area contributed by atoms with Crippen molar-refractivity contribution in [3.05, 3.63) is 28.3 Å². The minimum Gasteiger partial charge on any atom is -0.338 e. The molecule has 4 nitrogen and oxygen atoms in total. The third kappa shape index (κ3) is 3.65. The molecule has 2 aromatic rings. The molecule has 0 N–H and O–H groups in total. The molecule has 26 heavy (non-hydrogen) atoms. The number of alkyl halides is 3. The SMILES string of the molecule is CCCc1c(-c2ccc(C(=O)N3CCCCC3)s2)nn(C)c1C(F)(F)F. The van der Waals surface area contributed by atoms with Crippen molar-refractivity contribution in [3.63, 3.8) is 0 Å². The second-order valence-electron chi connectivity index (χ2n) is 6.56.